The van der Waals surface area contributed by atoms with Crippen LogP contribution in [0, 0.1) is 0 Å². The maximum absolute atomic E-state index is 11.4. The Kier molecular flexibility index (Phi) is 6.46. The van der Waals surface area contributed by atoms with E-state index in [1.807, 2.05) is 18.2 Å². The molecule has 0 aliphatic rings. The van der Waals surface area contributed by atoms with E-state index in [0.717, 1.165) is 5.69 Å². The molecular weight excluding hydrogens is 232 g/mol. The molecule has 0 radical (unpaired) electrons. The summed E-state index contributed by atoms with van der Waals surface area (Å²) in [4.78, 5) is 25.8. The van der Waals surface area contributed by atoms with Gasteiger partial charge in [0.15, 0.2) is 0 Å². The molecule has 0 atom stereocenters. The molecule has 1 amide bonds. The fourth-order valence-corrected chi connectivity index (χ4v) is 1.53. The van der Waals surface area contributed by atoms with Gasteiger partial charge in [-0.3, -0.25) is 14.6 Å². The SMILES string of the molecule is O=C(O)CCCCC(=O)NCCc1ccccn1. The van der Waals surface area contributed by atoms with Crippen LogP contribution in [0.5, 0.6) is 0 Å². The van der Waals surface area contributed by atoms with Crippen molar-refractivity contribution in [3.63, 3.8) is 0 Å². The molecule has 1 rings (SSSR count). The van der Waals surface area contributed by atoms with Crippen molar-refractivity contribution in [3.05, 3.63) is 30.1 Å². The molecule has 0 spiro atoms. The number of nitrogens with zero attached hydrogens (tertiary/aromatic N) is 1. The van der Waals surface area contributed by atoms with Crippen molar-refractivity contribution in [1.82, 2.24) is 10.3 Å². The number of unbranched alkanes of at least 4 members (excludes halogenated alkanes) is 1. The Labute approximate surface area is 106 Å². The fourth-order valence-electron chi connectivity index (χ4n) is 1.53. The van der Waals surface area contributed by atoms with Crippen molar-refractivity contribution >= 4 is 11.9 Å². The number of hydrogen-bond donors (Lipinski definition) is 2. The first-order valence-electron chi connectivity index (χ1n) is 6.07. The molecular formula is C13H18N2O3. The van der Waals surface area contributed by atoms with Crippen LogP contribution in [0.1, 0.15) is 31.4 Å². The monoisotopic (exact) mass is 250 g/mol. The van der Waals surface area contributed by atoms with E-state index in [0.29, 0.717) is 32.2 Å². The van der Waals surface area contributed by atoms with Crippen molar-refractivity contribution in [2.24, 2.45) is 0 Å². The Morgan fingerprint density at radius 1 is 1.22 bits per heavy atom. The summed E-state index contributed by atoms with van der Waals surface area (Å²) >= 11 is 0. The molecule has 0 aromatic carbocycles. The zero-order valence-corrected chi connectivity index (χ0v) is 10.3. The first-order valence-corrected chi connectivity index (χ1v) is 6.07. The Balaban J connectivity index is 2.05. The van der Waals surface area contributed by atoms with Crippen LogP contribution < -0.4 is 5.32 Å². The Morgan fingerprint density at radius 2 is 2.00 bits per heavy atom. The molecule has 98 valence electrons. The number of nitrogens with one attached hydrogen (secondary N) is 1. The van der Waals surface area contributed by atoms with Gasteiger partial charge in [0.2, 0.25) is 5.91 Å². The van der Waals surface area contributed by atoms with Gasteiger partial charge in [-0.2, -0.15) is 0 Å². The molecule has 1 heterocycles. The van der Waals surface area contributed by atoms with E-state index in [9.17, 15) is 9.59 Å². The normalized spacial score (nSPS) is 10.0. The van der Waals surface area contributed by atoms with Crippen LogP contribution >= 0.6 is 0 Å². The molecule has 18 heavy (non-hydrogen) atoms. The van der Waals surface area contributed by atoms with Gasteiger partial charge in [0.05, 0.1) is 0 Å². The minimum atomic E-state index is -0.814. The standard InChI is InChI=1S/C13H18N2O3/c16-12(6-1-2-7-13(17)18)15-10-8-11-5-3-4-9-14-11/h3-5,9H,1-2,6-8,10H2,(H,15,16)(H,17,18). The number of carboxylic acid groups (broad SMARTS) is 1. The second kappa shape index (κ2) is 8.22. The number of pyridine rings is 1. The zero-order valence-electron chi connectivity index (χ0n) is 10.3. The minimum absolute atomic E-state index is 0.0312. The molecule has 5 nitrogen and oxygen atoms in total. The van der Waals surface area contributed by atoms with Gasteiger partial charge in [0, 0.05) is 37.7 Å². The largest absolute Gasteiger partial charge is 0.481 e. The third-order valence-electron chi connectivity index (χ3n) is 2.47. The van der Waals surface area contributed by atoms with E-state index in [1.54, 1.807) is 6.20 Å². The Hall–Kier alpha value is -1.91. The molecule has 0 saturated carbocycles. The number of aliphatic carboxylic acids is 1. The molecule has 0 fully saturated rings. The summed E-state index contributed by atoms with van der Waals surface area (Å²) in [6, 6.07) is 5.68. The van der Waals surface area contributed by atoms with E-state index in [4.69, 9.17) is 5.11 Å². The topological polar surface area (TPSA) is 79.3 Å². The Bertz CT molecular complexity index is 379. The number of amides is 1. The van der Waals surface area contributed by atoms with E-state index in [1.165, 1.54) is 0 Å². The second-order valence-corrected chi connectivity index (χ2v) is 4.02. The summed E-state index contributed by atoms with van der Waals surface area (Å²) < 4.78 is 0. The van der Waals surface area contributed by atoms with Gasteiger partial charge in [0.25, 0.3) is 0 Å². The lowest BCUT2D eigenvalue weighted by atomic mass is 10.2. The van der Waals surface area contributed by atoms with E-state index >= 15 is 0 Å². The van der Waals surface area contributed by atoms with Crippen molar-refractivity contribution in [1.29, 1.82) is 0 Å². The lowest BCUT2D eigenvalue weighted by Gasteiger charge is -2.04. The average Bonchev–Trinajstić information content (AvgIpc) is 2.36. The second-order valence-electron chi connectivity index (χ2n) is 4.02. The van der Waals surface area contributed by atoms with Crippen LogP contribution in [0.2, 0.25) is 0 Å². The highest BCUT2D eigenvalue weighted by atomic mass is 16.4. The summed E-state index contributed by atoms with van der Waals surface area (Å²) in [5.41, 5.74) is 0.948. The summed E-state index contributed by atoms with van der Waals surface area (Å²) in [7, 11) is 0. The van der Waals surface area contributed by atoms with Crippen LogP contribution in [-0.4, -0.2) is 28.5 Å². The van der Waals surface area contributed by atoms with Gasteiger partial charge in [-0.25, -0.2) is 0 Å². The van der Waals surface area contributed by atoms with Gasteiger partial charge in [-0.05, 0) is 25.0 Å². The van der Waals surface area contributed by atoms with Crippen LogP contribution in [0.15, 0.2) is 24.4 Å². The number of aromatic nitrogens is 1. The molecule has 1 aromatic heterocycles. The highest BCUT2D eigenvalue weighted by Gasteiger charge is 2.02. The lowest BCUT2D eigenvalue weighted by molar-refractivity contribution is -0.137. The maximum Gasteiger partial charge on any atom is 0.303 e. The molecule has 5 heteroatoms. The van der Waals surface area contributed by atoms with Gasteiger partial charge in [-0.1, -0.05) is 6.07 Å². The lowest BCUT2D eigenvalue weighted by Crippen LogP contribution is -2.25. The smallest absolute Gasteiger partial charge is 0.303 e. The summed E-state index contributed by atoms with van der Waals surface area (Å²) in [5.74, 6) is -0.845. The summed E-state index contributed by atoms with van der Waals surface area (Å²) in [6.07, 6.45) is 4.10. The quantitative estimate of drug-likeness (QED) is 0.683. The van der Waals surface area contributed by atoms with Crippen molar-refractivity contribution in [3.8, 4) is 0 Å². The zero-order chi connectivity index (χ0) is 13.2. The molecule has 0 aliphatic heterocycles. The predicted octanol–water partition coefficient (Wildman–Crippen LogP) is 1.39. The van der Waals surface area contributed by atoms with Gasteiger partial charge >= 0.3 is 5.97 Å². The third-order valence-corrected chi connectivity index (χ3v) is 2.47. The van der Waals surface area contributed by atoms with E-state index in [-0.39, 0.29) is 12.3 Å². The number of hydrogen-bond acceptors (Lipinski definition) is 3. The van der Waals surface area contributed by atoms with Crippen LogP contribution in [0.25, 0.3) is 0 Å². The van der Waals surface area contributed by atoms with Crippen molar-refractivity contribution in [2.45, 2.75) is 32.1 Å². The fraction of sp³-hybridized carbons (Fsp3) is 0.462. The minimum Gasteiger partial charge on any atom is -0.481 e. The van der Waals surface area contributed by atoms with Crippen LogP contribution in [0.3, 0.4) is 0 Å². The molecule has 2 N–H and O–H groups in total. The average molecular weight is 250 g/mol. The highest BCUT2D eigenvalue weighted by molar-refractivity contribution is 5.75. The Morgan fingerprint density at radius 3 is 2.67 bits per heavy atom. The first-order chi connectivity index (χ1) is 8.68. The van der Waals surface area contributed by atoms with Gasteiger partial charge < -0.3 is 10.4 Å². The van der Waals surface area contributed by atoms with Gasteiger partial charge in [0.1, 0.15) is 0 Å². The first kappa shape index (κ1) is 14.2. The molecule has 0 unspecified atom stereocenters. The van der Waals surface area contributed by atoms with Gasteiger partial charge in [-0.15, -0.1) is 0 Å². The maximum atomic E-state index is 11.4. The number of carboxylic acids is 1. The molecule has 0 bridgehead atoms. The predicted molar refractivity (Wildman–Crippen MR) is 67.1 cm³/mol. The van der Waals surface area contributed by atoms with Crippen molar-refractivity contribution in [2.75, 3.05) is 6.54 Å². The molecule has 0 aliphatic carbocycles. The van der Waals surface area contributed by atoms with Crippen LogP contribution in [-0.2, 0) is 16.0 Å². The summed E-state index contributed by atoms with van der Waals surface area (Å²) in [5, 5.41) is 11.2. The molecule has 1 aromatic rings. The van der Waals surface area contributed by atoms with Crippen LogP contribution in [0.4, 0.5) is 0 Å². The van der Waals surface area contributed by atoms with Crippen molar-refractivity contribution < 1.29 is 14.7 Å². The number of carbonyl (C=O) groups is 2. The third kappa shape index (κ3) is 6.62. The molecule has 0 saturated heterocycles. The number of carbonyl (C=O) groups excluding carboxylic acids is 1. The number of rotatable bonds is 8. The van der Waals surface area contributed by atoms with E-state index in [2.05, 4.69) is 10.3 Å². The highest BCUT2D eigenvalue weighted by Crippen LogP contribution is 1.99. The summed E-state index contributed by atoms with van der Waals surface area (Å²) in [6.45, 7) is 0.564. The van der Waals surface area contributed by atoms with E-state index < -0.39 is 5.97 Å².